The van der Waals surface area contributed by atoms with Crippen LogP contribution in [-0.4, -0.2) is 11.9 Å². The predicted molar refractivity (Wildman–Crippen MR) is 134 cm³/mol. The fraction of sp³-hybridized carbons (Fsp3) is 0. The Hall–Kier alpha value is -4.11. The van der Waals surface area contributed by atoms with Crippen molar-refractivity contribution in [2.75, 3.05) is 5.32 Å². The minimum atomic E-state index is -0.590. The van der Waals surface area contributed by atoms with Gasteiger partial charge in [0.15, 0.2) is 0 Å². The smallest absolute Gasteiger partial charge is 0.344 e. The molecule has 5 nitrogen and oxygen atoms in total. The molecule has 0 fully saturated rings. The number of fused-ring (bicyclic) bond motifs is 1. The van der Waals surface area contributed by atoms with E-state index in [1.165, 1.54) is 12.1 Å². The van der Waals surface area contributed by atoms with E-state index in [9.17, 15) is 14.9 Å². The second-order valence-corrected chi connectivity index (χ2v) is 8.05. The monoisotopic (exact) mass is 486 g/mol. The Morgan fingerprint density at radius 2 is 1.62 bits per heavy atom. The number of carbonyl (C=O) groups excluding carboxylic acids is 2. The first-order valence-electron chi connectivity index (χ1n) is 10.1. The molecule has 4 aromatic rings. The summed E-state index contributed by atoms with van der Waals surface area (Å²) in [7, 11) is 0. The molecule has 0 heterocycles. The molecule has 0 atom stereocenters. The molecule has 34 heavy (non-hydrogen) atoms. The predicted octanol–water partition coefficient (Wildman–Crippen LogP) is 6.91. The summed E-state index contributed by atoms with van der Waals surface area (Å²) in [4.78, 5) is 25.2. The Bertz CT molecular complexity index is 1470. The first-order valence-corrected chi connectivity index (χ1v) is 10.9. The number of esters is 1. The summed E-state index contributed by atoms with van der Waals surface area (Å²) in [5.74, 6) is -0.722. The van der Waals surface area contributed by atoms with Gasteiger partial charge in [0, 0.05) is 5.69 Å². The molecule has 0 aromatic heterocycles. The second kappa shape index (κ2) is 10.2. The molecular formula is C27H16Cl2N2O3. The minimum absolute atomic E-state index is 0.105. The lowest BCUT2D eigenvalue weighted by Crippen LogP contribution is -2.13. The lowest BCUT2D eigenvalue weighted by atomic mass is 10.0. The topological polar surface area (TPSA) is 79.2 Å². The van der Waals surface area contributed by atoms with Crippen LogP contribution in [0.1, 0.15) is 15.9 Å². The van der Waals surface area contributed by atoms with Crippen LogP contribution in [0, 0.1) is 11.3 Å². The number of amides is 1. The van der Waals surface area contributed by atoms with E-state index in [4.69, 9.17) is 27.9 Å². The van der Waals surface area contributed by atoms with Gasteiger partial charge in [0.2, 0.25) is 0 Å². The molecule has 0 aliphatic carbocycles. The Kier molecular flexibility index (Phi) is 6.93. The van der Waals surface area contributed by atoms with E-state index in [-0.39, 0.29) is 10.6 Å². The second-order valence-electron chi connectivity index (χ2n) is 7.24. The number of rotatable bonds is 5. The van der Waals surface area contributed by atoms with Gasteiger partial charge in [0.05, 0.1) is 15.6 Å². The molecule has 166 valence electrons. The van der Waals surface area contributed by atoms with E-state index < -0.39 is 11.9 Å². The Morgan fingerprint density at radius 3 is 2.35 bits per heavy atom. The third-order valence-electron chi connectivity index (χ3n) is 4.95. The van der Waals surface area contributed by atoms with Crippen LogP contribution in [0.5, 0.6) is 5.75 Å². The van der Waals surface area contributed by atoms with Gasteiger partial charge in [-0.1, -0.05) is 71.7 Å². The fourth-order valence-electron chi connectivity index (χ4n) is 3.29. The summed E-state index contributed by atoms with van der Waals surface area (Å²) >= 11 is 11.8. The zero-order chi connectivity index (χ0) is 24.1. The molecule has 0 unspecified atom stereocenters. The van der Waals surface area contributed by atoms with Gasteiger partial charge >= 0.3 is 5.97 Å². The number of nitriles is 1. The van der Waals surface area contributed by atoms with Crippen molar-refractivity contribution in [3.8, 4) is 11.8 Å². The van der Waals surface area contributed by atoms with Gasteiger partial charge in [0.1, 0.15) is 17.4 Å². The lowest BCUT2D eigenvalue weighted by molar-refractivity contribution is -0.112. The van der Waals surface area contributed by atoms with Crippen molar-refractivity contribution in [1.29, 1.82) is 5.26 Å². The van der Waals surface area contributed by atoms with Crippen LogP contribution in [-0.2, 0) is 4.79 Å². The molecule has 0 spiro atoms. The normalized spacial score (nSPS) is 11.0. The highest BCUT2D eigenvalue weighted by Crippen LogP contribution is 2.26. The maximum absolute atomic E-state index is 12.7. The maximum atomic E-state index is 12.7. The number of nitrogens with one attached hydrogen (secondary N) is 1. The van der Waals surface area contributed by atoms with E-state index >= 15 is 0 Å². The summed E-state index contributed by atoms with van der Waals surface area (Å²) in [5, 5.41) is 14.4. The molecule has 0 aliphatic rings. The largest absolute Gasteiger partial charge is 0.423 e. The number of anilines is 1. The molecule has 0 radical (unpaired) electrons. The van der Waals surface area contributed by atoms with Crippen molar-refractivity contribution >= 4 is 57.6 Å². The SMILES string of the molecule is N#C/C(=C\c1ccc(OC(=O)c2cccc3ccccc23)cc1)C(=O)Nc1ccc(Cl)c(Cl)c1. The first-order chi connectivity index (χ1) is 16.4. The van der Waals surface area contributed by atoms with Crippen LogP contribution in [0.25, 0.3) is 16.8 Å². The number of hydrogen-bond donors (Lipinski definition) is 1. The highest BCUT2D eigenvalue weighted by atomic mass is 35.5. The quantitative estimate of drug-likeness (QED) is 0.144. The third-order valence-corrected chi connectivity index (χ3v) is 5.69. The zero-order valence-corrected chi connectivity index (χ0v) is 19.1. The van der Waals surface area contributed by atoms with Gasteiger partial charge in [-0.15, -0.1) is 0 Å². The van der Waals surface area contributed by atoms with Crippen molar-refractivity contribution in [2.24, 2.45) is 0 Å². The maximum Gasteiger partial charge on any atom is 0.344 e. The highest BCUT2D eigenvalue weighted by molar-refractivity contribution is 6.42. The van der Waals surface area contributed by atoms with Crippen LogP contribution in [0.15, 0.2) is 90.5 Å². The summed E-state index contributed by atoms with van der Waals surface area (Å²) in [6.45, 7) is 0. The Labute approximate surface area is 205 Å². The summed E-state index contributed by atoms with van der Waals surface area (Å²) < 4.78 is 5.51. The van der Waals surface area contributed by atoms with E-state index in [1.54, 1.807) is 48.5 Å². The average Bonchev–Trinajstić information content (AvgIpc) is 2.85. The summed E-state index contributed by atoms with van der Waals surface area (Å²) in [5.41, 5.74) is 1.36. The fourth-order valence-corrected chi connectivity index (χ4v) is 3.58. The number of nitrogens with zero attached hydrogens (tertiary/aromatic N) is 1. The zero-order valence-electron chi connectivity index (χ0n) is 17.6. The Balaban J connectivity index is 1.47. The molecule has 1 N–H and O–H groups in total. The van der Waals surface area contributed by atoms with E-state index in [2.05, 4.69) is 5.32 Å². The molecular weight excluding hydrogens is 471 g/mol. The molecule has 0 aliphatic heterocycles. The summed E-state index contributed by atoms with van der Waals surface area (Å²) in [6, 6.07) is 26.0. The number of halogens is 2. The number of benzene rings is 4. The average molecular weight is 487 g/mol. The van der Waals surface area contributed by atoms with Crippen molar-refractivity contribution < 1.29 is 14.3 Å². The van der Waals surface area contributed by atoms with Crippen LogP contribution in [0.4, 0.5) is 5.69 Å². The minimum Gasteiger partial charge on any atom is -0.423 e. The third kappa shape index (κ3) is 5.26. The number of ether oxygens (including phenoxy) is 1. The van der Waals surface area contributed by atoms with Gasteiger partial charge in [-0.05, 0) is 58.8 Å². The molecule has 0 saturated carbocycles. The van der Waals surface area contributed by atoms with Gasteiger partial charge < -0.3 is 10.1 Å². The first kappa shape index (κ1) is 23.1. The van der Waals surface area contributed by atoms with E-state index in [1.807, 2.05) is 36.4 Å². The van der Waals surface area contributed by atoms with Gasteiger partial charge in [-0.3, -0.25) is 4.79 Å². The molecule has 7 heteroatoms. The van der Waals surface area contributed by atoms with Crippen LogP contribution in [0.2, 0.25) is 10.0 Å². The van der Waals surface area contributed by atoms with Crippen molar-refractivity contribution in [1.82, 2.24) is 0 Å². The van der Waals surface area contributed by atoms with Gasteiger partial charge in [-0.2, -0.15) is 5.26 Å². The molecule has 4 rings (SSSR count). The van der Waals surface area contributed by atoms with Crippen LogP contribution in [0.3, 0.4) is 0 Å². The highest BCUT2D eigenvalue weighted by Gasteiger charge is 2.13. The summed E-state index contributed by atoms with van der Waals surface area (Å²) in [6.07, 6.45) is 1.43. The van der Waals surface area contributed by atoms with Crippen LogP contribution >= 0.6 is 23.2 Å². The number of carbonyl (C=O) groups is 2. The lowest BCUT2D eigenvalue weighted by Gasteiger charge is -2.08. The molecule has 1 amide bonds. The van der Waals surface area contributed by atoms with Crippen molar-refractivity contribution in [2.45, 2.75) is 0 Å². The molecule has 0 saturated heterocycles. The molecule has 0 bridgehead atoms. The van der Waals surface area contributed by atoms with E-state index in [0.717, 1.165) is 10.8 Å². The van der Waals surface area contributed by atoms with Gasteiger partial charge in [0.25, 0.3) is 5.91 Å². The Morgan fingerprint density at radius 1 is 0.882 bits per heavy atom. The number of hydrogen-bond acceptors (Lipinski definition) is 4. The van der Waals surface area contributed by atoms with E-state index in [0.29, 0.717) is 27.6 Å². The van der Waals surface area contributed by atoms with Crippen LogP contribution < -0.4 is 10.1 Å². The van der Waals surface area contributed by atoms with Gasteiger partial charge in [-0.25, -0.2) is 4.79 Å². The van der Waals surface area contributed by atoms with Crippen molar-refractivity contribution in [3.63, 3.8) is 0 Å². The standard InChI is InChI=1S/C27H16Cl2N2O3/c28-24-13-10-20(15-25(24)29)31-26(32)19(16-30)14-17-8-11-21(12-9-17)34-27(33)23-7-3-5-18-4-1-2-6-22(18)23/h1-15H,(H,31,32)/b19-14+. The van der Waals surface area contributed by atoms with Crippen molar-refractivity contribution in [3.05, 3.63) is 112 Å². The molecule has 4 aromatic carbocycles.